The van der Waals surface area contributed by atoms with E-state index in [2.05, 4.69) is 5.32 Å². The van der Waals surface area contributed by atoms with Crippen LogP contribution in [0.5, 0.6) is 5.75 Å². The van der Waals surface area contributed by atoms with Crippen molar-refractivity contribution in [3.05, 3.63) is 40.6 Å². The summed E-state index contributed by atoms with van der Waals surface area (Å²) in [6, 6.07) is 9.10. The van der Waals surface area contributed by atoms with Gasteiger partial charge in [0, 0.05) is 11.9 Å². The summed E-state index contributed by atoms with van der Waals surface area (Å²) >= 11 is 1.55. The number of rotatable bonds is 2. The molecule has 1 aliphatic heterocycles. The molecule has 3 N–H and O–H groups in total. The van der Waals surface area contributed by atoms with Gasteiger partial charge in [0.05, 0.1) is 12.0 Å². The number of aromatic hydroxyl groups is 1. The average Bonchev–Trinajstić information content (AvgIpc) is 2.95. The second kappa shape index (κ2) is 5.14. The lowest BCUT2D eigenvalue weighted by atomic mass is 9.92. The molecule has 114 valence electrons. The molecule has 1 aromatic heterocycles. The first-order valence-corrected chi connectivity index (χ1v) is 7.79. The molecular weight excluding hydrogens is 298 g/mol. The van der Waals surface area contributed by atoms with E-state index in [1.165, 1.54) is 4.90 Å². The Labute approximate surface area is 132 Å². The molecule has 0 radical (unpaired) electrons. The summed E-state index contributed by atoms with van der Waals surface area (Å²) in [4.78, 5) is 14.4. The Kier molecular flexibility index (Phi) is 3.41. The molecule has 2 aromatic rings. The van der Waals surface area contributed by atoms with Gasteiger partial charge in [-0.15, -0.1) is 11.3 Å². The van der Waals surface area contributed by atoms with Crippen LogP contribution in [0, 0.1) is 5.41 Å². The highest BCUT2D eigenvalue weighted by molar-refractivity contribution is 7.10. The Morgan fingerprint density at radius 1 is 1.36 bits per heavy atom. The fraction of sp³-hybridized carbons (Fsp3) is 0.250. The zero-order chi connectivity index (χ0) is 15.9. The van der Waals surface area contributed by atoms with Crippen molar-refractivity contribution in [1.29, 1.82) is 5.41 Å². The molecule has 5 nitrogen and oxygen atoms in total. The summed E-state index contributed by atoms with van der Waals surface area (Å²) < 4.78 is 0. The molecule has 3 rings (SSSR count). The van der Waals surface area contributed by atoms with Crippen LogP contribution >= 0.6 is 11.3 Å². The Hall–Kier alpha value is -2.34. The predicted octanol–water partition coefficient (Wildman–Crippen LogP) is 2.72. The number of amides is 1. The number of guanidine groups is 1. The second-order valence-electron chi connectivity index (χ2n) is 5.69. The van der Waals surface area contributed by atoms with Crippen LogP contribution in [0.1, 0.15) is 18.2 Å². The van der Waals surface area contributed by atoms with E-state index >= 15 is 0 Å². The van der Waals surface area contributed by atoms with Crippen molar-refractivity contribution in [2.45, 2.75) is 18.9 Å². The summed E-state index contributed by atoms with van der Waals surface area (Å²) in [6.07, 6.45) is 0.311. The molecule has 22 heavy (non-hydrogen) atoms. The maximum Gasteiger partial charge on any atom is 0.231 e. The molecule has 0 bridgehead atoms. The molecule has 1 atom stereocenters. The highest BCUT2D eigenvalue weighted by Crippen LogP contribution is 2.36. The molecule has 1 fully saturated rings. The number of nitrogens with zero attached hydrogens (tertiary/aromatic N) is 1. The number of carbonyl (C=O) groups excluding carboxylic acids is 1. The molecule has 0 spiro atoms. The Balaban J connectivity index is 1.93. The van der Waals surface area contributed by atoms with Gasteiger partial charge in [0.2, 0.25) is 5.91 Å². The quantitative estimate of drug-likeness (QED) is 0.797. The van der Waals surface area contributed by atoms with E-state index in [4.69, 9.17) is 5.41 Å². The molecule has 1 amide bonds. The second-order valence-corrected chi connectivity index (χ2v) is 6.60. The van der Waals surface area contributed by atoms with Gasteiger partial charge in [-0.25, -0.2) is 0 Å². The van der Waals surface area contributed by atoms with Crippen LogP contribution in [-0.2, 0) is 10.3 Å². The normalized spacial score (nSPS) is 21.8. The molecule has 0 saturated carbocycles. The van der Waals surface area contributed by atoms with Gasteiger partial charge >= 0.3 is 0 Å². The summed E-state index contributed by atoms with van der Waals surface area (Å²) in [7, 11) is 1.60. The predicted molar refractivity (Wildman–Crippen MR) is 87.0 cm³/mol. The standard InChI is InChI=1S/C16H17N3O2S/c1-16(8-14(21)19(2)15(17)18-16)13-7-11(9-22-13)10-4-3-5-12(20)6-10/h3-7,9,20H,8H2,1-2H3,(H2,17,18)/t16-/m0/s1. The maximum atomic E-state index is 12.0. The fourth-order valence-corrected chi connectivity index (χ4v) is 3.58. The zero-order valence-electron chi connectivity index (χ0n) is 12.4. The number of thiophene rings is 1. The van der Waals surface area contributed by atoms with Gasteiger partial charge in [-0.05, 0) is 41.6 Å². The SMILES string of the molecule is CN1C(=N)N[C@](C)(c2cc(-c3cccc(O)c3)cs2)CC1=O. The summed E-state index contributed by atoms with van der Waals surface area (Å²) in [5.74, 6) is 0.274. The molecule has 2 heterocycles. The lowest BCUT2D eigenvalue weighted by Crippen LogP contribution is -2.57. The Bertz CT molecular complexity index is 735. The van der Waals surface area contributed by atoms with Crippen LogP contribution in [-0.4, -0.2) is 28.9 Å². The molecular formula is C16H17N3O2S. The molecule has 1 aliphatic rings. The van der Waals surface area contributed by atoms with E-state index in [-0.39, 0.29) is 17.6 Å². The minimum absolute atomic E-state index is 0.0708. The van der Waals surface area contributed by atoms with Gasteiger partial charge in [0.1, 0.15) is 5.75 Å². The smallest absolute Gasteiger partial charge is 0.231 e. The van der Waals surface area contributed by atoms with Gasteiger partial charge in [-0.1, -0.05) is 12.1 Å². The van der Waals surface area contributed by atoms with E-state index in [0.717, 1.165) is 16.0 Å². The van der Waals surface area contributed by atoms with E-state index in [9.17, 15) is 9.90 Å². The minimum Gasteiger partial charge on any atom is -0.508 e. The van der Waals surface area contributed by atoms with Crippen molar-refractivity contribution in [3.8, 4) is 16.9 Å². The number of hydrogen-bond donors (Lipinski definition) is 3. The van der Waals surface area contributed by atoms with Crippen LogP contribution in [0.25, 0.3) is 11.1 Å². The third-order valence-electron chi connectivity index (χ3n) is 3.93. The van der Waals surface area contributed by atoms with E-state index in [1.807, 2.05) is 24.4 Å². The van der Waals surface area contributed by atoms with Crippen molar-refractivity contribution in [1.82, 2.24) is 10.2 Å². The molecule has 0 unspecified atom stereocenters. The number of phenolic OH excluding ortho intramolecular Hbond substituents is 1. The van der Waals surface area contributed by atoms with Gasteiger partial charge in [0.15, 0.2) is 5.96 Å². The lowest BCUT2D eigenvalue weighted by molar-refractivity contribution is -0.129. The third kappa shape index (κ3) is 2.46. The first kappa shape index (κ1) is 14.6. The van der Waals surface area contributed by atoms with Crippen LogP contribution in [0.4, 0.5) is 0 Å². The topological polar surface area (TPSA) is 76.4 Å². The molecule has 1 aromatic carbocycles. The van der Waals surface area contributed by atoms with E-state index in [1.54, 1.807) is 36.6 Å². The number of phenols is 1. The fourth-order valence-electron chi connectivity index (χ4n) is 2.55. The van der Waals surface area contributed by atoms with Crippen LogP contribution in [0.3, 0.4) is 0 Å². The maximum absolute atomic E-state index is 12.0. The van der Waals surface area contributed by atoms with Gasteiger partial charge < -0.3 is 10.4 Å². The number of benzene rings is 1. The van der Waals surface area contributed by atoms with Crippen molar-refractivity contribution in [2.75, 3.05) is 7.05 Å². The van der Waals surface area contributed by atoms with Crippen molar-refractivity contribution < 1.29 is 9.90 Å². The van der Waals surface area contributed by atoms with Gasteiger partial charge in [-0.2, -0.15) is 0 Å². The summed E-state index contributed by atoms with van der Waals surface area (Å²) in [5, 5.41) is 22.6. The van der Waals surface area contributed by atoms with Gasteiger partial charge in [0.25, 0.3) is 0 Å². The molecule has 6 heteroatoms. The lowest BCUT2D eigenvalue weighted by Gasteiger charge is -2.38. The first-order chi connectivity index (χ1) is 10.4. The average molecular weight is 315 g/mol. The third-order valence-corrected chi connectivity index (χ3v) is 5.13. The number of nitrogens with one attached hydrogen (secondary N) is 2. The minimum atomic E-state index is -0.569. The van der Waals surface area contributed by atoms with Crippen molar-refractivity contribution >= 4 is 23.2 Å². The van der Waals surface area contributed by atoms with Gasteiger partial charge in [-0.3, -0.25) is 15.1 Å². The molecule has 0 aliphatic carbocycles. The Morgan fingerprint density at radius 3 is 2.82 bits per heavy atom. The monoisotopic (exact) mass is 315 g/mol. The summed E-state index contributed by atoms with van der Waals surface area (Å²) in [5.41, 5.74) is 1.36. The van der Waals surface area contributed by atoms with E-state index in [0.29, 0.717) is 6.42 Å². The van der Waals surface area contributed by atoms with Crippen LogP contribution in [0.2, 0.25) is 0 Å². The number of carbonyl (C=O) groups is 1. The first-order valence-electron chi connectivity index (χ1n) is 6.91. The highest BCUT2D eigenvalue weighted by Gasteiger charge is 2.38. The molecule has 1 saturated heterocycles. The summed E-state index contributed by atoms with van der Waals surface area (Å²) in [6.45, 7) is 1.94. The van der Waals surface area contributed by atoms with Crippen molar-refractivity contribution in [2.24, 2.45) is 0 Å². The van der Waals surface area contributed by atoms with Crippen LogP contribution < -0.4 is 5.32 Å². The highest BCUT2D eigenvalue weighted by atomic mass is 32.1. The van der Waals surface area contributed by atoms with Crippen molar-refractivity contribution in [3.63, 3.8) is 0 Å². The zero-order valence-corrected chi connectivity index (χ0v) is 13.2. The largest absolute Gasteiger partial charge is 0.508 e. The Morgan fingerprint density at radius 2 is 2.14 bits per heavy atom. The van der Waals surface area contributed by atoms with E-state index < -0.39 is 5.54 Å². The van der Waals surface area contributed by atoms with Crippen LogP contribution in [0.15, 0.2) is 35.7 Å². The number of hydrogen-bond acceptors (Lipinski definition) is 4.